The lowest BCUT2D eigenvalue weighted by Gasteiger charge is -2.28. The van der Waals surface area contributed by atoms with Gasteiger partial charge in [-0.1, -0.05) is 39.0 Å². The third-order valence-corrected chi connectivity index (χ3v) is 5.50. The molecule has 0 aliphatic carbocycles. The van der Waals surface area contributed by atoms with Crippen molar-refractivity contribution in [3.05, 3.63) is 53.5 Å². The first kappa shape index (κ1) is 17.0. The first-order valence-corrected chi connectivity index (χ1v) is 9.64. The van der Waals surface area contributed by atoms with Crippen LogP contribution in [0, 0.1) is 5.41 Å². The Morgan fingerprint density at radius 2 is 2.04 bits per heavy atom. The van der Waals surface area contributed by atoms with Crippen LogP contribution in [0.4, 0.5) is 5.82 Å². The number of aromatic amines is 2. The number of hydrogen-bond acceptors (Lipinski definition) is 4. The average molecular weight is 373 g/mol. The van der Waals surface area contributed by atoms with E-state index in [0.29, 0.717) is 16.7 Å². The molecule has 0 fully saturated rings. The molecule has 142 valence electrons. The summed E-state index contributed by atoms with van der Waals surface area (Å²) < 4.78 is 0. The van der Waals surface area contributed by atoms with Crippen molar-refractivity contribution >= 4 is 33.7 Å². The van der Waals surface area contributed by atoms with Crippen molar-refractivity contribution in [1.29, 1.82) is 0 Å². The number of rotatable bonds is 2. The molecule has 4 heterocycles. The molecule has 0 spiro atoms. The molecule has 0 unspecified atom stereocenters. The normalized spacial score (nSPS) is 14.6. The molecule has 5 rings (SSSR count). The summed E-state index contributed by atoms with van der Waals surface area (Å²) in [5, 5.41) is 1.27. The van der Waals surface area contributed by atoms with Crippen molar-refractivity contribution in [3.8, 4) is 0 Å². The lowest BCUT2D eigenvalue weighted by molar-refractivity contribution is 0.0860. The van der Waals surface area contributed by atoms with Gasteiger partial charge in [0.2, 0.25) is 0 Å². The zero-order chi connectivity index (χ0) is 19.5. The van der Waals surface area contributed by atoms with Crippen LogP contribution in [0.15, 0.2) is 36.7 Å². The molecule has 6 nitrogen and oxygen atoms in total. The first-order chi connectivity index (χ1) is 13.4. The molecular weight excluding hydrogens is 350 g/mol. The largest absolute Gasteiger partial charge is 0.358 e. The monoisotopic (exact) mass is 373 g/mol. The maximum atomic E-state index is 12.8. The van der Waals surface area contributed by atoms with Gasteiger partial charge < -0.3 is 14.9 Å². The molecule has 1 aliphatic rings. The molecule has 1 aliphatic heterocycles. The second-order valence-corrected chi connectivity index (χ2v) is 8.51. The van der Waals surface area contributed by atoms with E-state index < -0.39 is 5.41 Å². The van der Waals surface area contributed by atoms with Gasteiger partial charge in [-0.2, -0.15) is 0 Å². The number of ketones is 1. The molecule has 0 radical (unpaired) electrons. The van der Waals surface area contributed by atoms with Crippen molar-refractivity contribution in [1.82, 2.24) is 19.9 Å². The molecule has 4 aromatic rings. The van der Waals surface area contributed by atoms with E-state index in [1.807, 2.05) is 20.8 Å². The summed E-state index contributed by atoms with van der Waals surface area (Å²) >= 11 is 0. The van der Waals surface area contributed by atoms with E-state index in [1.165, 1.54) is 22.2 Å². The minimum absolute atomic E-state index is 0.0720. The number of para-hydroxylation sites is 1. The van der Waals surface area contributed by atoms with Crippen LogP contribution in [0.5, 0.6) is 0 Å². The van der Waals surface area contributed by atoms with Gasteiger partial charge in [0.1, 0.15) is 11.3 Å². The van der Waals surface area contributed by atoms with Crippen LogP contribution in [0.3, 0.4) is 0 Å². The number of nitrogens with one attached hydrogen (secondary N) is 2. The lowest BCUT2D eigenvalue weighted by atomic mass is 9.87. The number of H-pyrrole nitrogens is 2. The highest BCUT2D eigenvalue weighted by molar-refractivity contribution is 6.08. The summed E-state index contributed by atoms with van der Waals surface area (Å²) in [5.74, 6) is 0.883. The number of carbonyl (C=O) groups is 1. The standard InChI is InChI=1S/C22H23N5O/c1-22(2,3)20(28)14-10-23-21-19(14)26-18(11-24-21)27-9-8-17-15(12-27)13-6-4-5-7-16(13)25-17/h4-7,10-11,25H,8-9,12H2,1-3H3,(H,23,24). The molecule has 1 aromatic carbocycles. The summed E-state index contributed by atoms with van der Waals surface area (Å²) in [6, 6.07) is 8.41. The highest BCUT2D eigenvalue weighted by Crippen LogP contribution is 2.31. The predicted molar refractivity (Wildman–Crippen MR) is 111 cm³/mol. The van der Waals surface area contributed by atoms with Crippen molar-refractivity contribution in [2.75, 3.05) is 11.4 Å². The topological polar surface area (TPSA) is 77.7 Å². The molecule has 0 saturated heterocycles. The van der Waals surface area contributed by atoms with Gasteiger partial charge in [0, 0.05) is 53.3 Å². The van der Waals surface area contributed by atoms with Crippen LogP contribution >= 0.6 is 0 Å². The van der Waals surface area contributed by atoms with Crippen LogP contribution in [-0.2, 0) is 13.0 Å². The fraction of sp³-hybridized carbons (Fsp3) is 0.318. The van der Waals surface area contributed by atoms with E-state index in [0.717, 1.165) is 25.3 Å². The van der Waals surface area contributed by atoms with Gasteiger partial charge in [-0.15, -0.1) is 0 Å². The Bertz CT molecular complexity index is 1210. The van der Waals surface area contributed by atoms with Crippen molar-refractivity contribution < 1.29 is 4.79 Å². The van der Waals surface area contributed by atoms with Gasteiger partial charge >= 0.3 is 0 Å². The van der Waals surface area contributed by atoms with Gasteiger partial charge in [-0.3, -0.25) is 4.79 Å². The number of anilines is 1. The predicted octanol–water partition coefficient (Wildman–Crippen LogP) is 4.23. The molecule has 0 saturated carbocycles. The molecule has 28 heavy (non-hydrogen) atoms. The fourth-order valence-corrected chi connectivity index (χ4v) is 3.97. The Balaban J connectivity index is 1.54. The van der Waals surface area contributed by atoms with Crippen molar-refractivity contribution in [3.63, 3.8) is 0 Å². The Morgan fingerprint density at radius 3 is 2.86 bits per heavy atom. The Morgan fingerprint density at radius 1 is 1.21 bits per heavy atom. The number of hydrogen-bond donors (Lipinski definition) is 2. The lowest BCUT2D eigenvalue weighted by Crippen LogP contribution is -2.31. The minimum atomic E-state index is -0.461. The Kier molecular flexibility index (Phi) is 3.59. The third kappa shape index (κ3) is 2.59. The molecule has 0 atom stereocenters. The maximum absolute atomic E-state index is 12.8. The molecule has 0 bridgehead atoms. The van der Waals surface area contributed by atoms with Crippen LogP contribution in [0.25, 0.3) is 22.1 Å². The second-order valence-electron chi connectivity index (χ2n) is 8.51. The summed E-state index contributed by atoms with van der Waals surface area (Å²) in [6.07, 6.45) is 4.46. The van der Waals surface area contributed by atoms with Gasteiger partial charge in [0.25, 0.3) is 0 Å². The highest BCUT2D eigenvalue weighted by atomic mass is 16.1. The van der Waals surface area contributed by atoms with Crippen molar-refractivity contribution in [2.45, 2.75) is 33.7 Å². The Hall–Kier alpha value is -3.15. The van der Waals surface area contributed by atoms with E-state index >= 15 is 0 Å². The third-order valence-electron chi connectivity index (χ3n) is 5.50. The molecular formula is C22H23N5O. The number of benzene rings is 1. The number of fused-ring (bicyclic) bond motifs is 4. The zero-order valence-electron chi connectivity index (χ0n) is 16.3. The number of Topliss-reactive ketones (excluding diaryl/α,β-unsaturated/α-hetero) is 1. The molecule has 2 N–H and O–H groups in total. The summed E-state index contributed by atoms with van der Waals surface area (Å²) in [5.41, 5.74) is 5.27. The smallest absolute Gasteiger partial charge is 0.171 e. The fourth-order valence-electron chi connectivity index (χ4n) is 3.97. The van der Waals surface area contributed by atoms with Crippen molar-refractivity contribution in [2.24, 2.45) is 5.41 Å². The summed E-state index contributed by atoms with van der Waals surface area (Å²) in [7, 11) is 0. The highest BCUT2D eigenvalue weighted by Gasteiger charge is 2.27. The Labute approximate surface area is 163 Å². The zero-order valence-corrected chi connectivity index (χ0v) is 16.3. The van der Waals surface area contributed by atoms with E-state index in [2.05, 4.69) is 44.1 Å². The average Bonchev–Trinajstić information content (AvgIpc) is 3.26. The number of carbonyl (C=O) groups excluding carboxylic acids is 1. The molecule has 6 heteroatoms. The second kappa shape index (κ2) is 5.92. The maximum Gasteiger partial charge on any atom is 0.171 e. The van der Waals surface area contributed by atoms with Crippen LogP contribution < -0.4 is 4.90 Å². The summed E-state index contributed by atoms with van der Waals surface area (Å²) in [6.45, 7) is 7.43. The van der Waals surface area contributed by atoms with Crippen LogP contribution in [0.1, 0.15) is 42.4 Å². The van der Waals surface area contributed by atoms with E-state index in [9.17, 15) is 4.79 Å². The molecule has 3 aromatic heterocycles. The number of aromatic nitrogens is 4. The molecule has 0 amide bonds. The van der Waals surface area contributed by atoms with E-state index in [4.69, 9.17) is 4.98 Å². The van der Waals surface area contributed by atoms with Gasteiger partial charge in [-0.25, -0.2) is 9.97 Å². The van der Waals surface area contributed by atoms with Crippen LogP contribution in [0.2, 0.25) is 0 Å². The van der Waals surface area contributed by atoms with E-state index in [-0.39, 0.29) is 5.78 Å². The van der Waals surface area contributed by atoms with Gasteiger partial charge in [0.15, 0.2) is 11.4 Å². The summed E-state index contributed by atoms with van der Waals surface area (Å²) in [4.78, 5) is 31.0. The first-order valence-electron chi connectivity index (χ1n) is 9.64. The van der Waals surface area contributed by atoms with Gasteiger partial charge in [-0.05, 0) is 6.07 Å². The van der Waals surface area contributed by atoms with E-state index in [1.54, 1.807) is 12.4 Å². The number of nitrogens with zero attached hydrogens (tertiary/aromatic N) is 3. The van der Waals surface area contributed by atoms with Crippen LogP contribution in [-0.4, -0.2) is 32.3 Å². The minimum Gasteiger partial charge on any atom is -0.358 e. The quantitative estimate of drug-likeness (QED) is 0.516. The SMILES string of the molecule is CC(C)(C)C(=O)c1c[nH]c2ncc(N3CCc4[nH]c5ccccc5c4C3)nc12. The van der Waals surface area contributed by atoms with Gasteiger partial charge in [0.05, 0.1) is 11.8 Å².